The molecule has 0 aliphatic heterocycles. The van der Waals surface area contributed by atoms with E-state index in [1.807, 2.05) is 13.8 Å². The maximum Gasteiger partial charge on any atom is 0.322 e. The normalized spacial score (nSPS) is 23.4. The van der Waals surface area contributed by atoms with Crippen LogP contribution in [0.1, 0.15) is 39.5 Å². The number of nitrogens with zero attached hydrogens (tertiary/aromatic N) is 3. The summed E-state index contributed by atoms with van der Waals surface area (Å²) in [5.74, 6) is 0.349. The second-order valence-corrected chi connectivity index (χ2v) is 5.32. The average molecular weight is 287 g/mol. The van der Waals surface area contributed by atoms with E-state index >= 15 is 0 Å². The highest BCUT2D eigenvalue weighted by atomic mass is 35.5. The predicted octanol–water partition coefficient (Wildman–Crippen LogP) is 2.03. The average Bonchev–Trinajstić information content (AvgIpc) is 2.30. The zero-order valence-electron chi connectivity index (χ0n) is 11.1. The first kappa shape index (κ1) is 14.3. The summed E-state index contributed by atoms with van der Waals surface area (Å²) in [6, 6.07) is 0.155. The summed E-state index contributed by atoms with van der Waals surface area (Å²) in [5.41, 5.74) is 0. The fourth-order valence-electron chi connectivity index (χ4n) is 2.11. The highest BCUT2D eigenvalue weighted by Crippen LogP contribution is 2.22. The molecular formula is C12H19ClN4O2. The van der Waals surface area contributed by atoms with Crippen molar-refractivity contribution in [2.45, 2.75) is 57.8 Å². The summed E-state index contributed by atoms with van der Waals surface area (Å²) in [6.45, 7) is 3.77. The number of nitrogens with one attached hydrogen (secondary N) is 1. The monoisotopic (exact) mass is 286 g/mol. The van der Waals surface area contributed by atoms with Crippen LogP contribution in [0.4, 0.5) is 5.95 Å². The third-order valence-corrected chi connectivity index (χ3v) is 3.14. The van der Waals surface area contributed by atoms with Gasteiger partial charge in [0.15, 0.2) is 0 Å². The molecule has 1 aliphatic carbocycles. The Labute approximate surface area is 117 Å². The molecule has 0 radical (unpaired) electrons. The molecule has 7 heteroatoms. The van der Waals surface area contributed by atoms with Crippen LogP contribution in [0.5, 0.6) is 6.01 Å². The molecule has 19 heavy (non-hydrogen) atoms. The van der Waals surface area contributed by atoms with Crippen molar-refractivity contribution in [1.29, 1.82) is 0 Å². The Morgan fingerprint density at radius 2 is 2.00 bits per heavy atom. The summed E-state index contributed by atoms with van der Waals surface area (Å²) in [6.07, 6.45) is 3.42. The van der Waals surface area contributed by atoms with Gasteiger partial charge in [0, 0.05) is 0 Å². The minimum absolute atomic E-state index is 0.0356. The zero-order valence-corrected chi connectivity index (χ0v) is 11.9. The second-order valence-electron chi connectivity index (χ2n) is 4.98. The molecule has 0 aromatic carbocycles. The Morgan fingerprint density at radius 3 is 2.68 bits per heavy atom. The first-order valence-electron chi connectivity index (χ1n) is 6.57. The van der Waals surface area contributed by atoms with Crippen LogP contribution in [0, 0.1) is 0 Å². The van der Waals surface area contributed by atoms with E-state index in [0.717, 1.165) is 25.7 Å². The van der Waals surface area contributed by atoms with E-state index in [2.05, 4.69) is 20.3 Å². The van der Waals surface area contributed by atoms with Crippen molar-refractivity contribution in [1.82, 2.24) is 15.0 Å². The third-order valence-electron chi connectivity index (χ3n) is 2.97. The number of halogens is 1. The standard InChI is InChI=1S/C12H19ClN4O2/c1-7(2)19-12-16-10(13)15-11(17-12)14-8-5-3-4-6-9(8)18/h7-9,18H,3-6H2,1-2H3,(H,14,15,16,17). The van der Waals surface area contributed by atoms with E-state index in [1.165, 1.54) is 0 Å². The minimum atomic E-state index is -0.376. The second kappa shape index (κ2) is 6.34. The number of aromatic nitrogens is 3. The Kier molecular flexibility index (Phi) is 4.76. The first-order chi connectivity index (χ1) is 9.04. The zero-order chi connectivity index (χ0) is 13.8. The molecule has 0 spiro atoms. The number of aliphatic hydroxyl groups excluding tert-OH is 1. The molecule has 0 amide bonds. The molecule has 2 rings (SSSR count). The van der Waals surface area contributed by atoms with Gasteiger partial charge in [0.25, 0.3) is 0 Å². The van der Waals surface area contributed by atoms with Crippen LogP contribution in [0.15, 0.2) is 0 Å². The fourth-order valence-corrected chi connectivity index (χ4v) is 2.26. The Balaban J connectivity index is 2.08. The fraction of sp³-hybridized carbons (Fsp3) is 0.750. The lowest BCUT2D eigenvalue weighted by atomic mass is 9.93. The van der Waals surface area contributed by atoms with Crippen LogP contribution in [0.25, 0.3) is 0 Å². The van der Waals surface area contributed by atoms with Crippen molar-refractivity contribution in [2.75, 3.05) is 5.32 Å². The Hall–Kier alpha value is -1.14. The molecule has 0 saturated heterocycles. The van der Waals surface area contributed by atoms with E-state index in [9.17, 15) is 5.11 Å². The van der Waals surface area contributed by atoms with Crippen LogP contribution in [-0.4, -0.2) is 38.3 Å². The molecule has 106 valence electrons. The van der Waals surface area contributed by atoms with Gasteiger partial charge in [-0.15, -0.1) is 0 Å². The minimum Gasteiger partial charge on any atom is -0.461 e. The molecule has 1 aliphatic rings. The van der Waals surface area contributed by atoms with Gasteiger partial charge in [0.05, 0.1) is 18.2 Å². The lowest BCUT2D eigenvalue weighted by Crippen LogP contribution is -2.36. The Bertz CT molecular complexity index is 430. The first-order valence-corrected chi connectivity index (χ1v) is 6.95. The maximum atomic E-state index is 9.92. The van der Waals surface area contributed by atoms with Crippen molar-refractivity contribution in [3.8, 4) is 6.01 Å². The van der Waals surface area contributed by atoms with E-state index in [0.29, 0.717) is 5.95 Å². The molecule has 0 bridgehead atoms. The third kappa shape index (κ3) is 4.18. The van der Waals surface area contributed by atoms with Crippen molar-refractivity contribution in [2.24, 2.45) is 0 Å². The molecule has 1 heterocycles. The van der Waals surface area contributed by atoms with Gasteiger partial charge in [-0.05, 0) is 38.3 Å². The molecule has 2 N–H and O–H groups in total. The largest absolute Gasteiger partial charge is 0.461 e. The van der Waals surface area contributed by atoms with Gasteiger partial charge in [0.1, 0.15) is 0 Å². The number of aliphatic hydroxyl groups is 1. The van der Waals surface area contributed by atoms with Gasteiger partial charge in [-0.3, -0.25) is 0 Å². The van der Waals surface area contributed by atoms with Crippen molar-refractivity contribution >= 4 is 17.5 Å². The summed E-state index contributed by atoms with van der Waals surface area (Å²) in [7, 11) is 0. The highest BCUT2D eigenvalue weighted by molar-refractivity contribution is 6.28. The van der Waals surface area contributed by atoms with Crippen LogP contribution in [0.3, 0.4) is 0 Å². The van der Waals surface area contributed by atoms with Gasteiger partial charge in [-0.25, -0.2) is 0 Å². The summed E-state index contributed by atoms with van der Waals surface area (Å²) in [4.78, 5) is 12.1. The number of hydrogen-bond acceptors (Lipinski definition) is 6. The van der Waals surface area contributed by atoms with Crippen molar-refractivity contribution in [3.63, 3.8) is 0 Å². The van der Waals surface area contributed by atoms with E-state index in [4.69, 9.17) is 16.3 Å². The lowest BCUT2D eigenvalue weighted by molar-refractivity contribution is 0.116. The van der Waals surface area contributed by atoms with Gasteiger partial charge in [-0.1, -0.05) is 12.8 Å². The quantitative estimate of drug-likeness (QED) is 0.881. The van der Waals surface area contributed by atoms with E-state index < -0.39 is 0 Å². The number of hydrogen-bond donors (Lipinski definition) is 2. The van der Waals surface area contributed by atoms with Crippen molar-refractivity contribution in [3.05, 3.63) is 5.28 Å². The number of anilines is 1. The van der Waals surface area contributed by atoms with Gasteiger partial charge < -0.3 is 15.2 Å². The van der Waals surface area contributed by atoms with Gasteiger partial charge in [0.2, 0.25) is 11.2 Å². The highest BCUT2D eigenvalue weighted by Gasteiger charge is 2.24. The smallest absolute Gasteiger partial charge is 0.322 e. The maximum absolute atomic E-state index is 9.92. The van der Waals surface area contributed by atoms with Gasteiger partial charge in [-0.2, -0.15) is 15.0 Å². The molecule has 1 fully saturated rings. The summed E-state index contributed by atoms with van der Waals surface area (Å²) >= 11 is 5.84. The van der Waals surface area contributed by atoms with E-state index in [-0.39, 0.29) is 29.5 Å². The molecule has 6 nitrogen and oxygen atoms in total. The SMILES string of the molecule is CC(C)Oc1nc(Cl)nc(NC2CCCCC2O)n1. The lowest BCUT2D eigenvalue weighted by Gasteiger charge is -2.28. The predicted molar refractivity (Wildman–Crippen MR) is 72.5 cm³/mol. The van der Waals surface area contributed by atoms with Crippen LogP contribution in [-0.2, 0) is 0 Å². The van der Waals surface area contributed by atoms with Crippen LogP contribution >= 0.6 is 11.6 Å². The number of rotatable bonds is 4. The molecule has 2 unspecified atom stereocenters. The van der Waals surface area contributed by atoms with Crippen molar-refractivity contribution < 1.29 is 9.84 Å². The molecular weight excluding hydrogens is 268 g/mol. The number of ether oxygens (including phenoxy) is 1. The van der Waals surface area contributed by atoms with Crippen LogP contribution in [0.2, 0.25) is 5.28 Å². The van der Waals surface area contributed by atoms with Gasteiger partial charge >= 0.3 is 6.01 Å². The summed E-state index contributed by atoms with van der Waals surface area (Å²) < 4.78 is 5.40. The molecule has 1 aromatic heterocycles. The Morgan fingerprint density at radius 1 is 1.26 bits per heavy atom. The van der Waals surface area contributed by atoms with Crippen LogP contribution < -0.4 is 10.1 Å². The summed E-state index contributed by atoms with van der Waals surface area (Å²) in [5, 5.41) is 13.1. The topological polar surface area (TPSA) is 80.2 Å². The molecule has 2 atom stereocenters. The molecule has 1 aromatic rings. The molecule has 1 saturated carbocycles. The van der Waals surface area contributed by atoms with E-state index in [1.54, 1.807) is 0 Å².